The van der Waals surface area contributed by atoms with Gasteiger partial charge in [0.25, 0.3) is 0 Å². The van der Waals surface area contributed by atoms with Crippen molar-refractivity contribution in [1.29, 1.82) is 0 Å². The van der Waals surface area contributed by atoms with Crippen LogP contribution in [-0.4, -0.2) is 95.6 Å². The molecule has 4 N–H and O–H groups in total. The smallest absolute Gasteiger partial charge is 0.243 e. The van der Waals surface area contributed by atoms with Gasteiger partial charge in [-0.05, 0) is 36.6 Å². The van der Waals surface area contributed by atoms with E-state index in [0.29, 0.717) is 31.9 Å². The molecule has 42 heavy (non-hydrogen) atoms. The van der Waals surface area contributed by atoms with Crippen LogP contribution in [0.1, 0.15) is 31.4 Å². The molecule has 2 aromatic carbocycles. The first kappa shape index (κ1) is 31.1. The second kappa shape index (κ2) is 13.9. The van der Waals surface area contributed by atoms with Crippen molar-refractivity contribution in [1.82, 2.24) is 15.5 Å². The Morgan fingerprint density at radius 2 is 1.50 bits per heavy atom. The molecule has 11 heteroatoms. The molecule has 0 aromatic heterocycles. The number of nitrogens with one attached hydrogen (secondary N) is 2. The highest BCUT2D eigenvalue weighted by molar-refractivity contribution is 5.98. The number of rotatable bonds is 14. The van der Waals surface area contributed by atoms with E-state index in [0.717, 1.165) is 11.6 Å². The number of ketones is 2. The lowest BCUT2D eigenvalue weighted by Crippen LogP contribution is -2.55. The number of epoxide rings is 1. The SMILES string of the molecule is CC(CC(=O)CN1CCOCC1)C(=O)NC(Cc1cc(O)cc(O)c1)C(=O)NC(Cc1ccccc1)C(=O)C1(C)CO1. The number of morpholine rings is 1. The second-order valence-electron chi connectivity index (χ2n) is 11.3. The first-order valence-corrected chi connectivity index (χ1v) is 14.2. The summed E-state index contributed by atoms with van der Waals surface area (Å²) in [5.74, 6) is -2.60. The lowest BCUT2D eigenvalue weighted by molar-refractivity contribution is -0.134. The first-order valence-electron chi connectivity index (χ1n) is 14.2. The molecule has 226 valence electrons. The molecule has 0 spiro atoms. The number of carbonyl (C=O) groups is 4. The van der Waals surface area contributed by atoms with Gasteiger partial charge in [-0.25, -0.2) is 0 Å². The third kappa shape index (κ3) is 8.85. The Kier molecular flexibility index (Phi) is 10.3. The summed E-state index contributed by atoms with van der Waals surface area (Å²) in [5.41, 5.74) is 0.247. The molecular formula is C31H39N3O8. The van der Waals surface area contributed by atoms with Crippen molar-refractivity contribution in [2.75, 3.05) is 39.5 Å². The van der Waals surface area contributed by atoms with Crippen molar-refractivity contribution >= 4 is 23.4 Å². The third-order valence-corrected chi connectivity index (χ3v) is 7.53. The number of benzene rings is 2. The van der Waals surface area contributed by atoms with Crippen LogP contribution in [0.25, 0.3) is 0 Å². The molecule has 4 unspecified atom stereocenters. The summed E-state index contributed by atoms with van der Waals surface area (Å²) in [5, 5.41) is 25.5. The minimum absolute atomic E-state index is 0.00471. The highest BCUT2D eigenvalue weighted by Gasteiger charge is 2.50. The summed E-state index contributed by atoms with van der Waals surface area (Å²) < 4.78 is 10.7. The van der Waals surface area contributed by atoms with Crippen LogP contribution < -0.4 is 10.6 Å². The Morgan fingerprint density at radius 3 is 2.12 bits per heavy atom. The predicted molar refractivity (Wildman–Crippen MR) is 153 cm³/mol. The topological polar surface area (TPSA) is 158 Å². The Bertz CT molecular complexity index is 1250. The van der Waals surface area contributed by atoms with Crippen molar-refractivity contribution in [3.63, 3.8) is 0 Å². The summed E-state index contributed by atoms with van der Waals surface area (Å²) in [7, 11) is 0. The quantitative estimate of drug-likeness (QED) is 0.240. The van der Waals surface area contributed by atoms with Crippen molar-refractivity contribution in [3.8, 4) is 11.5 Å². The van der Waals surface area contributed by atoms with Gasteiger partial charge in [-0.1, -0.05) is 37.3 Å². The number of nitrogens with zero attached hydrogens (tertiary/aromatic N) is 1. The van der Waals surface area contributed by atoms with Gasteiger partial charge in [0.2, 0.25) is 11.8 Å². The minimum atomic E-state index is -1.16. The van der Waals surface area contributed by atoms with Crippen molar-refractivity contribution < 1.29 is 38.9 Å². The van der Waals surface area contributed by atoms with E-state index in [9.17, 15) is 29.4 Å². The van der Waals surface area contributed by atoms with Gasteiger partial charge in [-0.15, -0.1) is 0 Å². The van der Waals surface area contributed by atoms with Gasteiger partial charge < -0.3 is 30.3 Å². The van der Waals surface area contributed by atoms with Gasteiger partial charge in [-0.3, -0.25) is 24.1 Å². The Balaban J connectivity index is 1.48. The largest absolute Gasteiger partial charge is 0.508 e. The molecule has 2 heterocycles. The molecule has 0 aliphatic carbocycles. The van der Waals surface area contributed by atoms with Crippen LogP contribution in [0.15, 0.2) is 48.5 Å². The number of amides is 2. The minimum Gasteiger partial charge on any atom is -0.508 e. The molecule has 2 aromatic rings. The summed E-state index contributed by atoms with van der Waals surface area (Å²) in [6.07, 6.45) is 0.146. The van der Waals surface area contributed by atoms with Crippen molar-refractivity contribution in [2.24, 2.45) is 5.92 Å². The molecule has 2 saturated heterocycles. The second-order valence-corrected chi connectivity index (χ2v) is 11.3. The molecule has 2 aliphatic rings. The van der Waals surface area contributed by atoms with Crippen molar-refractivity contribution in [2.45, 2.75) is 50.8 Å². The lowest BCUT2D eigenvalue weighted by atomic mass is 9.94. The van der Waals surface area contributed by atoms with Crippen LogP contribution in [0.3, 0.4) is 0 Å². The zero-order valence-electron chi connectivity index (χ0n) is 24.0. The number of hydrogen-bond donors (Lipinski definition) is 4. The molecular weight excluding hydrogens is 542 g/mol. The van der Waals surface area contributed by atoms with E-state index in [-0.39, 0.29) is 55.5 Å². The van der Waals surface area contributed by atoms with E-state index in [2.05, 4.69) is 10.6 Å². The monoisotopic (exact) mass is 581 g/mol. The number of phenolic OH excluding ortho intramolecular Hbond substituents is 2. The lowest BCUT2D eigenvalue weighted by Gasteiger charge is -2.27. The molecule has 4 atom stereocenters. The maximum absolute atomic E-state index is 13.7. The average molecular weight is 582 g/mol. The summed E-state index contributed by atoms with van der Waals surface area (Å²) in [6.45, 7) is 6.19. The normalized spacial score (nSPS) is 20.6. The first-order chi connectivity index (χ1) is 20.0. The van der Waals surface area contributed by atoms with E-state index >= 15 is 0 Å². The Hall–Kier alpha value is -3.80. The highest BCUT2D eigenvalue weighted by atomic mass is 16.6. The molecule has 0 bridgehead atoms. The van der Waals surface area contributed by atoms with Gasteiger partial charge >= 0.3 is 0 Å². The van der Waals surface area contributed by atoms with Crippen LogP contribution in [0, 0.1) is 5.92 Å². The van der Waals surface area contributed by atoms with Crippen LogP contribution in [0.4, 0.5) is 0 Å². The summed E-state index contributed by atoms with van der Waals surface area (Å²) in [4.78, 5) is 54.9. The Morgan fingerprint density at radius 1 is 0.905 bits per heavy atom. The van der Waals surface area contributed by atoms with Crippen LogP contribution in [0.2, 0.25) is 0 Å². The zero-order chi connectivity index (χ0) is 30.3. The van der Waals surface area contributed by atoms with Gasteiger partial charge in [0.15, 0.2) is 5.78 Å². The fourth-order valence-electron chi connectivity index (χ4n) is 4.99. The molecule has 0 saturated carbocycles. The van der Waals surface area contributed by atoms with E-state index < -0.39 is 35.4 Å². The van der Waals surface area contributed by atoms with Crippen LogP contribution >= 0.6 is 0 Å². The van der Waals surface area contributed by atoms with E-state index in [1.54, 1.807) is 13.8 Å². The van der Waals surface area contributed by atoms with Gasteiger partial charge in [0.05, 0.1) is 32.4 Å². The van der Waals surface area contributed by atoms with Crippen LogP contribution in [0.5, 0.6) is 11.5 Å². The third-order valence-electron chi connectivity index (χ3n) is 7.53. The Labute approximate surface area is 245 Å². The summed E-state index contributed by atoms with van der Waals surface area (Å²) >= 11 is 0. The van der Waals surface area contributed by atoms with E-state index in [1.165, 1.54) is 12.1 Å². The molecule has 0 radical (unpaired) electrons. The maximum atomic E-state index is 13.7. The summed E-state index contributed by atoms with van der Waals surface area (Å²) in [6, 6.07) is 11.1. The number of hydrogen-bond acceptors (Lipinski definition) is 9. The average Bonchev–Trinajstić information content (AvgIpc) is 3.70. The van der Waals surface area contributed by atoms with Gasteiger partial charge in [-0.2, -0.15) is 0 Å². The fourth-order valence-corrected chi connectivity index (χ4v) is 4.99. The highest BCUT2D eigenvalue weighted by Crippen LogP contribution is 2.29. The maximum Gasteiger partial charge on any atom is 0.243 e. The fraction of sp³-hybridized carbons (Fsp3) is 0.484. The number of carbonyl (C=O) groups excluding carboxylic acids is 4. The van der Waals surface area contributed by atoms with E-state index in [4.69, 9.17) is 9.47 Å². The van der Waals surface area contributed by atoms with E-state index in [1.807, 2.05) is 35.2 Å². The number of ether oxygens (including phenoxy) is 2. The van der Waals surface area contributed by atoms with Crippen molar-refractivity contribution in [3.05, 3.63) is 59.7 Å². The number of Topliss-reactive ketones (excluding diaryl/α,β-unsaturated/α-hetero) is 2. The van der Waals surface area contributed by atoms with Gasteiger partial charge in [0, 0.05) is 37.9 Å². The number of aromatic hydroxyl groups is 2. The standard InChI is InChI=1S/C31H39N3O8/c1-20(12-25(37)18-34-8-10-41-11-9-34)29(39)33-27(16-22-13-23(35)17-24(36)14-22)30(40)32-26(28(38)31(2)19-42-31)15-21-6-4-3-5-7-21/h3-7,13-14,17,20,26-27,35-36H,8-12,15-16,18-19H2,1-2H3,(H,32,40)(H,33,39). The zero-order valence-corrected chi connectivity index (χ0v) is 24.0. The predicted octanol–water partition coefficient (Wildman–Crippen LogP) is 1.14. The van der Waals surface area contributed by atoms with Crippen LogP contribution in [-0.2, 0) is 41.5 Å². The molecule has 4 rings (SSSR count). The molecule has 2 fully saturated rings. The molecule has 11 nitrogen and oxygen atoms in total. The number of phenols is 2. The molecule has 2 amide bonds. The molecule has 2 aliphatic heterocycles. The van der Waals surface area contributed by atoms with Gasteiger partial charge in [0.1, 0.15) is 28.9 Å².